The second-order valence-electron chi connectivity index (χ2n) is 6.69. The SMILES string of the molecule is C[C@H](OC(=O)[C@@H]1C[C@H]1C)C(=O)Nc1ccc(OCc2ccccc2)cc1. The maximum atomic E-state index is 12.1. The fourth-order valence-corrected chi connectivity index (χ4v) is 2.58. The van der Waals surface area contributed by atoms with Gasteiger partial charge in [0.2, 0.25) is 0 Å². The number of rotatable bonds is 7. The zero-order valence-electron chi connectivity index (χ0n) is 15.0. The van der Waals surface area contributed by atoms with E-state index in [1.807, 2.05) is 37.3 Å². The minimum atomic E-state index is -0.815. The van der Waals surface area contributed by atoms with Gasteiger partial charge in [-0.25, -0.2) is 0 Å². The van der Waals surface area contributed by atoms with Gasteiger partial charge in [0, 0.05) is 5.69 Å². The Morgan fingerprint density at radius 3 is 2.38 bits per heavy atom. The van der Waals surface area contributed by atoms with Gasteiger partial charge < -0.3 is 14.8 Å². The zero-order chi connectivity index (χ0) is 18.5. The quantitative estimate of drug-likeness (QED) is 0.769. The summed E-state index contributed by atoms with van der Waals surface area (Å²) >= 11 is 0. The first-order chi connectivity index (χ1) is 12.5. The van der Waals surface area contributed by atoms with Crippen molar-refractivity contribution in [1.82, 2.24) is 0 Å². The molecular formula is C21H23NO4. The molecule has 0 radical (unpaired) electrons. The second-order valence-corrected chi connectivity index (χ2v) is 6.69. The highest BCUT2D eigenvalue weighted by atomic mass is 16.5. The van der Waals surface area contributed by atoms with Crippen molar-refractivity contribution in [3.8, 4) is 5.75 Å². The Bertz CT molecular complexity index is 757. The predicted molar refractivity (Wildman–Crippen MR) is 98.7 cm³/mol. The lowest BCUT2D eigenvalue weighted by Crippen LogP contribution is -2.30. The Labute approximate surface area is 153 Å². The standard InChI is InChI=1S/C21H23NO4/c1-14-12-19(14)21(24)26-15(2)20(23)22-17-8-10-18(11-9-17)25-13-16-6-4-3-5-7-16/h3-11,14-15,19H,12-13H2,1-2H3,(H,22,23)/t14-,15+,19-/m1/s1. The van der Waals surface area contributed by atoms with Crippen LogP contribution in [0.15, 0.2) is 54.6 Å². The molecule has 0 aromatic heterocycles. The number of carbonyl (C=O) groups is 2. The van der Waals surface area contributed by atoms with E-state index in [1.54, 1.807) is 31.2 Å². The van der Waals surface area contributed by atoms with E-state index in [0.717, 1.165) is 12.0 Å². The third-order valence-corrected chi connectivity index (χ3v) is 4.44. The van der Waals surface area contributed by atoms with Crippen molar-refractivity contribution in [3.05, 3.63) is 60.2 Å². The summed E-state index contributed by atoms with van der Waals surface area (Å²) in [5.74, 6) is 0.399. The molecule has 136 valence electrons. The first-order valence-electron chi connectivity index (χ1n) is 8.81. The van der Waals surface area contributed by atoms with Gasteiger partial charge in [-0.1, -0.05) is 37.3 Å². The van der Waals surface area contributed by atoms with E-state index in [1.165, 1.54) is 0 Å². The molecule has 0 saturated heterocycles. The third-order valence-electron chi connectivity index (χ3n) is 4.44. The molecule has 0 aliphatic heterocycles. The highest BCUT2D eigenvalue weighted by molar-refractivity contribution is 5.95. The summed E-state index contributed by atoms with van der Waals surface area (Å²) in [6, 6.07) is 17.0. The third kappa shape index (κ3) is 4.85. The van der Waals surface area contributed by atoms with E-state index in [-0.39, 0.29) is 17.8 Å². The van der Waals surface area contributed by atoms with E-state index in [4.69, 9.17) is 9.47 Å². The molecule has 1 fully saturated rings. The molecule has 1 amide bonds. The number of hydrogen-bond donors (Lipinski definition) is 1. The predicted octanol–water partition coefficient (Wildman–Crippen LogP) is 3.79. The molecule has 0 unspecified atom stereocenters. The summed E-state index contributed by atoms with van der Waals surface area (Å²) in [5.41, 5.74) is 1.72. The van der Waals surface area contributed by atoms with Gasteiger partial charge >= 0.3 is 5.97 Å². The van der Waals surface area contributed by atoms with Gasteiger partial charge in [-0.2, -0.15) is 0 Å². The number of benzene rings is 2. The van der Waals surface area contributed by atoms with Crippen molar-refractivity contribution in [2.45, 2.75) is 33.0 Å². The van der Waals surface area contributed by atoms with Gasteiger partial charge in [0.25, 0.3) is 5.91 Å². The molecular weight excluding hydrogens is 330 g/mol. The Hall–Kier alpha value is -2.82. The summed E-state index contributed by atoms with van der Waals surface area (Å²) < 4.78 is 10.9. The lowest BCUT2D eigenvalue weighted by atomic mass is 10.2. The zero-order valence-corrected chi connectivity index (χ0v) is 15.0. The van der Waals surface area contributed by atoms with Crippen LogP contribution in [0.25, 0.3) is 0 Å². The number of esters is 1. The van der Waals surface area contributed by atoms with Crippen LogP contribution in [0.1, 0.15) is 25.8 Å². The summed E-state index contributed by atoms with van der Waals surface area (Å²) in [5, 5.41) is 2.75. The van der Waals surface area contributed by atoms with E-state index in [9.17, 15) is 9.59 Å². The Morgan fingerprint density at radius 1 is 1.12 bits per heavy atom. The molecule has 0 bridgehead atoms. The Morgan fingerprint density at radius 2 is 1.77 bits per heavy atom. The minimum Gasteiger partial charge on any atom is -0.489 e. The normalized spacial score (nSPS) is 19.3. The second kappa shape index (κ2) is 8.04. The highest BCUT2D eigenvalue weighted by Gasteiger charge is 2.41. The molecule has 0 spiro atoms. The van der Waals surface area contributed by atoms with Crippen LogP contribution in [-0.2, 0) is 20.9 Å². The first-order valence-corrected chi connectivity index (χ1v) is 8.81. The topological polar surface area (TPSA) is 64.6 Å². The van der Waals surface area contributed by atoms with Gasteiger partial charge in [0.15, 0.2) is 6.10 Å². The maximum absolute atomic E-state index is 12.1. The van der Waals surface area contributed by atoms with Crippen LogP contribution in [0.2, 0.25) is 0 Å². The summed E-state index contributed by atoms with van der Waals surface area (Å²) in [6.45, 7) is 4.06. The van der Waals surface area contributed by atoms with Crippen LogP contribution >= 0.6 is 0 Å². The molecule has 26 heavy (non-hydrogen) atoms. The van der Waals surface area contributed by atoms with Crippen molar-refractivity contribution >= 4 is 17.6 Å². The molecule has 3 atom stereocenters. The molecule has 2 aromatic rings. The number of anilines is 1. The number of hydrogen-bond acceptors (Lipinski definition) is 4. The number of amides is 1. The highest BCUT2D eigenvalue weighted by Crippen LogP contribution is 2.38. The van der Waals surface area contributed by atoms with E-state index >= 15 is 0 Å². The van der Waals surface area contributed by atoms with Crippen LogP contribution in [0.4, 0.5) is 5.69 Å². The number of ether oxygens (including phenoxy) is 2. The average Bonchev–Trinajstić information content (AvgIpc) is 3.39. The fourth-order valence-electron chi connectivity index (χ4n) is 2.58. The number of carbonyl (C=O) groups excluding carboxylic acids is 2. The van der Waals surface area contributed by atoms with Crippen molar-refractivity contribution in [2.75, 3.05) is 5.32 Å². The van der Waals surface area contributed by atoms with Gasteiger partial charge in [-0.3, -0.25) is 9.59 Å². The van der Waals surface area contributed by atoms with Gasteiger partial charge in [-0.15, -0.1) is 0 Å². The van der Waals surface area contributed by atoms with Gasteiger partial charge in [0.1, 0.15) is 12.4 Å². The first kappa shape index (κ1) is 18.0. The lowest BCUT2D eigenvalue weighted by Gasteiger charge is -2.14. The lowest BCUT2D eigenvalue weighted by molar-refractivity contribution is -0.154. The molecule has 1 aliphatic carbocycles. The van der Waals surface area contributed by atoms with Gasteiger partial charge in [0.05, 0.1) is 5.92 Å². The van der Waals surface area contributed by atoms with Crippen LogP contribution < -0.4 is 10.1 Å². The molecule has 0 heterocycles. The minimum absolute atomic E-state index is 0.0497. The van der Waals surface area contributed by atoms with Gasteiger partial charge in [-0.05, 0) is 49.1 Å². The maximum Gasteiger partial charge on any atom is 0.309 e. The van der Waals surface area contributed by atoms with Crippen molar-refractivity contribution in [1.29, 1.82) is 0 Å². The van der Waals surface area contributed by atoms with Crippen LogP contribution in [0.3, 0.4) is 0 Å². The molecule has 2 aromatic carbocycles. The molecule has 1 aliphatic rings. The van der Waals surface area contributed by atoms with Crippen LogP contribution in [-0.4, -0.2) is 18.0 Å². The Kier molecular flexibility index (Phi) is 5.56. The van der Waals surface area contributed by atoms with E-state index in [2.05, 4.69) is 5.32 Å². The van der Waals surface area contributed by atoms with Crippen molar-refractivity contribution in [2.24, 2.45) is 11.8 Å². The van der Waals surface area contributed by atoms with Crippen LogP contribution in [0, 0.1) is 11.8 Å². The van der Waals surface area contributed by atoms with E-state index in [0.29, 0.717) is 24.0 Å². The van der Waals surface area contributed by atoms with Crippen molar-refractivity contribution < 1.29 is 19.1 Å². The summed E-state index contributed by atoms with van der Waals surface area (Å²) in [6.07, 6.45) is 0.0294. The number of nitrogens with one attached hydrogen (secondary N) is 1. The largest absolute Gasteiger partial charge is 0.489 e. The summed E-state index contributed by atoms with van der Waals surface area (Å²) in [4.78, 5) is 23.9. The average molecular weight is 353 g/mol. The summed E-state index contributed by atoms with van der Waals surface area (Å²) in [7, 11) is 0. The molecule has 1 saturated carbocycles. The molecule has 5 heteroatoms. The smallest absolute Gasteiger partial charge is 0.309 e. The van der Waals surface area contributed by atoms with E-state index < -0.39 is 6.10 Å². The molecule has 1 N–H and O–H groups in total. The fraction of sp³-hybridized carbons (Fsp3) is 0.333. The van der Waals surface area contributed by atoms with Crippen molar-refractivity contribution in [3.63, 3.8) is 0 Å². The van der Waals surface area contributed by atoms with Crippen LogP contribution in [0.5, 0.6) is 5.75 Å². The molecule has 5 nitrogen and oxygen atoms in total. The molecule has 3 rings (SSSR count). The monoisotopic (exact) mass is 353 g/mol. The Balaban J connectivity index is 1.47.